The number of carbonyl (C=O) groups is 3. The van der Waals surface area contributed by atoms with E-state index < -0.39 is 17.8 Å². The van der Waals surface area contributed by atoms with E-state index in [1.54, 1.807) is 18.2 Å². The molecule has 0 aliphatic heterocycles. The lowest BCUT2D eigenvalue weighted by atomic mass is 10.2. The van der Waals surface area contributed by atoms with Gasteiger partial charge in [-0.05, 0) is 6.07 Å². The van der Waals surface area contributed by atoms with E-state index in [9.17, 15) is 18.8 Å². The minimum absolute atomic E-state index is 0.0266. The number of aliphatic carboxylic acids is 1. The van der Waals surface area contributed by atoms with Gasteiger partial charge in [-0.2, -0.15) is 0 Å². The molecule has 8 heteroatoms. The Bertz CT molecular complexity index is 513. The van der Waals surface area contributed by atoms with Crippen molar-refractivity contribution in [3.8, 4) is 0 Å². The molecule has 1 rings (SSSR count). The van der Waals surface area contributed by atoms with Gasteiger partial charge in [-0.25, -0.2) is 9.18 Å². The molecule has 1 unspecified atom stereocenters. The molecule has 3 N–H and O–H groups in total. The zero-order valence-electron chi connectivity index (χ0n) is 11.0. The average Bonchev–Trinajstić information content (AvgIpc) is 2.45. The monoisotopic (exact) mass is 314 g/mol. The number of carboxylic acids is 1. The molecule has 1 aromatic carbocycles. The summed E-state index contributed by atoms with van der Waals surface area (Å²) in [5.41, 5.74) is 0.377. The number of hydrogen-bond acceptors (Lipinski definition) is 4. The standard InChI is InChI=1S/C13H15FN2O4S/c14-10-4-2-1-3-9(10)5-15-12(18)7-21-6-11(13(19)20)16-8-17/h1-4,8,11H,5-7H2,(H,15,18)(H,16,17)(H,19,20). The number of rotatable bonds is 9. The Morgan fingerprint density at radius 2 is 2.10 bits per heavy atom. The Morgan fingerprint density at radius 1 is 1.38 bits per heavy atom. The maximum absolute atomic E-state index is 13.3. The fraction of sp³-hybridized carbons (Fsp3) is 0.308. The molecular formula is C13H15FN2O4S. The van der Waals surface area contributed by atoms with Crippen molar-refractivity contribution in [1.82, 2.24) is 10.6 Å². The van der Waals surface area contributed by atoms with Crippen LogP contribution in [0.3, 0.4) is 0 Å². The van der Waals surface area contributed by atoms with Gasteiger partial charge in [0, 0.05) is 17.9 Å². The molecule has 0 aromatic heterocycles. The molecule has 114 valence electrons. The molecule has 1 atom stereocenters. The van der Waals surface area contributed by atoms with Crippen molar-refractivity contribution < 1.29 is 23.9 Å². The smallest absolute Gasteiger partial charge is 0.327 e. The third-order valence-corrected chi connectivity index (χ3v) is 3.55. The van der Waals surface area contributed by atoms with Gasteiger partial charge in [-0.15, -0.1) is 11.8 Å². The second kappa shape index (κ2) is 8.96. The van der Waals surface area contributed by atoms with Crippen molar-refractivity contribution in [3.63, 3.8) is 0 Å². The lowest BCUT2D eigenvalue weighted by Gasteiger charge is -2.10. The van der Waals surface area contributed by atoms with Gasteiger partial charge < -0.3 is 15.7 Å². The second-order valence-electron chi connectivity index (χ2n) is 4.06. The Labute approximate surface area is 125 Å². The van der Waals surface area contributed by atoms with Crippen molar-refractivity contribution >= 4 is 30.0 Å². The molecule has 0 spiro atoms. The molecule has 0 aliphatic carbocycles. The van der Waals surface area contributed by atoms with Crippen molar-refractivity contribution in [2.24, 2.45) is 0 Å². The second-order valence-corrected chi connectivity index (χ2v) is 5.09. The highest BCUT2D eigenvalue weighted by atomic mass is 32.2. The summed E-state index contributed by atoms with van der Waals surface area (Å²) < 4.78 is 13.3. The Balaban J connectivity index is 2.30. The number of amides is 2. The maximum atomic E-state index is 13.3. The third-order valence-electron chi connectivity index (χ3n) is 2.52. The highest BCUT2D eigenvalue weighted by Crippen LogP contribution is 2.06. The summed E-state index contributed by atoms with van der Waals surface area (Å²) in [6, 6.07) is 5.06. The fourth-order valence-corrected chi connectivity index (χ4v) is 2.31. The molecule has 0 heterocycles. The summed E-state index contributed by atoms with van der Waals surface area (Å²) in [7, 11) is 0. The zero-order chi connectivity index (χ0) is 15.7. The first-order chi connectivity index (χ1) is 10.0. The largest absolute Gasteiger partial charge is 0.480 e. The van der Waals surface area contributed by atoms with E-state index in [1.807, 2.05) is 0 Å². The van der Waals surface area contributed by atoms with Crippen molar-refractivity contribution in [2.45, 2.75) is 12.6 Å². The average molecular weight is 314 g/mol. The van der Waals surface area contributed by atoms with Crippen LogP contribution in [0, 0.1) is 5.82 Å². The van der Waals surface area contributed by atoms with E-state index in [2.05, 4.69) is 10.6 Å². The molecule has 6 nitrogen and oxygen atoms in total. The van der Waals surface area contributed by atoms with E-state index in [4.69, 9.17) is 5.11 Å². The summed E-state index contributed by atoms with van der Waals surface area (Å²) in [5.74, 6) is -1.80. The van der Waals surface area contributed by atoms with Gasteiger partial charge in [0.2, 0.25) is 12.3 Å². The molecule has 21 heavy (non-hydrogen) atoms. The van der Waals surface area contributed by atoms with Crippen LogP contribution in [0.1, 0.15) is 5.56 Å². The van der Waals surface area contributed by atoms with Crippen LogP contribution in [0.4, 0.5) is 4.39 Å². The first kappa shape index (κ1) is 17.0. The van der Waals surface area contributed by atoms with Crippen LogP contribution in [0.2, 0.25) is 0 Å². The quantitative estimate of drug-likeness (QED) is 0.573. The van der Waals surface area contributed by atoms with Crippen molar-refractivity contribution in [1.29, 1.82) is 0 Å². The van der Waals surface area contributed by atoms with E-state index in [1.165, 1.54) is 6.07 Å². The van der Waals surface area contributed by atoms with Gasteiger partial charge in [0.05, 0.1) is 5.75 Å². The Hall–Kier alpha value is -2.09. The predicted molar refractivity (Wildman–Crippen MR) is 76.2 cm³/mol. The van der Waals surface area contributed by atoms with Crippen LogP contribution in [-0.2, 0) is 20.9 Å². The SMILES string of the molecule is O=CNC(CSCC(=O)NCc1ccccc1F)C(=O)O. The molecular weight excluding hydrogens is 299 g/mol. The van der Waals surface area contributed by atoms with Crippen LogP contribution in [0.5, 0.6) is 0 Å². The minimum Gasteiger partial charge on any atom is -0.480 e. The zero-order valence-corrected chi connectivity index (χ0v) is 11.9. The summed E-state index contributed by atoms with van der Waals surface area (Å²) in [5, 5.41) is 13.5. The normalized spacial score (nSPS) is 11.5. The molecule has 0 aliphatic rings. The van der Waals surface area contributed by atoms with Crippen molar-refractivity contribution in [3.05, 3.63) is 35.6 Å². The summed E-state index contributed by atoms with van der Waals surface area (Å²) in [6.45, 7) is 0.0704. The van der Waals surface area contributed by atoms with E-state index >= 15 is 0 Å². The van der Waals surface area contributed by atoms with Gasteiger partial charge in [0.25, 0.3) is 0 Å². The van der Waals surface area contributed by atoms with Gasteiger partial charge in [0.1, 0.15) is 11.9 Å². The van der Waals surface area contributed by atoms with E-state index in [-0.39, 0.29) is 24.0 Å². The van der Waals surface area contributed by atoms with Gasteiger partial charge in [-0.1, -0.05) is 18.2 Å². The number of nitrogens with one attached hydrogen (secondary N) is 2. The fourth-order valence-electron chi connectivity index (χ4n) is 1.43. The number of benzene rings is 1. The number of carbonyl (C=O) groups excluding carboxylic acids is 2. The lowest BCUT2D eigenvalue weighted by molar-refractivity contribution is -0.139. The topological polar surface area (TPSA) is 95.5 Å². The molecule has 1 aromatic rings. The highest BCUT2D eigenvalue weighted by Gasteiger charge is 2.16. The number of hydrogen-bond donors (Lipinski definition) is 3. The van der Waals surface area contributed by atoms with Crippen LogP contribution in [0.25, 0.3) is 0 Å². The Kier molecular flexibility index (Phi) is 7.24. The number of thioether (sulfide) groups is 1. The first-order valence-electron chi connectivity index (χ1n) is 6.05. The summed E-state index contributed by atoms with van der Waals surface area (Å²) in [6.07, 6.45) is 0.303. The van der Waals surface area contributed by atoms with Crippen LogP contribution in [-0.4, -0.2) is 40.9 Å². The molecule has 0 radical (unpaired) electrons. The van der Waals surface area contributed by atoms with Gasteiger partial charge in [-0.3, -0.25) is 9.59 Å². The van der Waals surface area contributed by atoms with E-state index in [0.717, 1.165) is 11.8 Å². The lowest BCUT2D eigenvalue weighted by Crippen LogP contribution is -2.38. The number of halogens is 1. The summed E-state index contributed by atoms with van der Waals surface area (Å²) in [4.78, 5) is 32.5. The van der Waals surface area contributed by atoms with Crippen molar-refractivity contribution in [2.75, 3.05) is 11.5 Å². The predicted octanol–water partition coefficient (Wildman–Crippen LogP) is 0.374. The third kappa shape index (κ3) is 6.26. The molecule has 0 bridgehead atoms. The summed E-state index contributed by atoms with van der Waals surface area (Å²) >= 11 is 1.07. The Morgan fingerprint density at radius 3 is 2.71 bits per heavy atom. The molecule has 0 fully saturated rings. The minimum atomic E-state index is -1.17. The highest BCUT2D eigenvalue weighted by molar-refractivity contribution is 8.00. The van der Waals surface area contributed by atoms with E-state index in [0.29, 0.717) is 12.0 Å². The number of carboxylic acid groups (broad SMARTS) is 1. The maximum Gasteiger partial charge on any atom is 0.327 e. The van der Waals surface area contributed by atoms with Crippen LogP contribution in [0.15, 0.2) is 24.3 Å². The first-order valence-corrected chi connectivity index (χ1v) is 7.20. The molecule has 0 saturated carbocycles. The van der Waals surface area contributed by atoms with Gasteiger partial charge >= 0.3 is 5.97 Å². The van der Waals surface area contributed by atoms with Crippen LogP contribution < -0.4 is 10.6 Å². The van der Waals surface area contributed by atoms with Gasteiger partial charge in [0.15, 0.2) is 0 Å². The van der Waals surface area contributed by atoms with Crippen LogP contribution >= 0.6 is 11.8 Å². The molecule has 0 saturated heterocycles. The molecule has 2 amide bonds.